The molecule has 7 nitrogen and oxygen atoms in total. The standard InChI is InChI=1S/C28H33N5O2/c1-35-28(34)21-12-13-22-23(19-21)30-27-25(22)26(29-15-8-18-33-16-6-3-7-17-33)31-24(32-27)14-11-20-9-4-2-5-10-20/h2,4-5,9-10,12-13,19H,3,6-8,11,14-18H2,1H3,(H2,29,30,31,32). The monoisotopic (exact) mass is 471 g/mol. The van der Waals surface area contributed by atoms with Crippen molar-refractivity contribution in [1.82, 2.24) is 19.9 Å². The number of H-pyrrole nitrogens is 1. The van der Waals surface area contributed by atoms with E-state index in [1.54, 1.807) is 6.07 Å². The van der Waals surface area contributed by atoms with Crippen LogP contribution >= 0.6 is 0 Å². The number of nitrogens with one attached hydrogen (secondary N) is 2. The number of fused-ring (bicyclic) bond motifs is 3. The van der Waals surface area contributed by atoms with Crippen molar-refractivity contribution >= 4 is 33.7 Å². The molecule has 0 saturated carbocycles. The predicted octanol–water partition coefficient (Wildman–Crippen LogP) is 4.97. The van der Waals surface area contributed by atoms with Crippen LogP contribution in [0.1, 0.15) is 47.4 Å². The molecule has 0 spiro atoms. The first-order valence-corrected chi connectivity index (χ1v) is 12.6. The van der Waals surface area contributed by atoms with Crippen LogP contribution in [0.15, 0.2) is 48.5 Å². The van der Waals surface area contributed by atoms with Crippen molar-refractivity contribution in [1.29, 1.82) is 0 Å². The van der Waals surface area contributed by atoms with E-state index < -0.39 is 0 Å². The van der Waals surface area contributed by atoms with Crippen molar-refractivity contribution in [2.75, 3.05) is 38.6 Å². The molecule has 1 saturated heterocycles. The van der Waals surface area contributed by atoms with Gasteiger partial charge in [0.1, 0.15) is 17.3 Å². The van der Waals surface area contributed by atoms with Gasteiger partial charge in [-0.15, -0.1) is 0 Å². The molecule has 2 N–H and O–H groups in total. The first kappa shape index (κ1) is 23.3. The van der Waals surface area contributed by atoms with Crippen LogP contribution in [0, 0.1) is 0 Å². The van der Waals surface area contributed by atoms with E-state index in [-0.39, 0.29) is 5.97 Å². The molecule has 1 aliphatic heterocycles. The van der Waals surface area contributed by atoms with E-state index in [9.17, 15) is 4.79 Å². The molecule has 0 amide bonds. The predicted molar refractivity (Wildman–Crippen MR) is 140 cm³/mol. The summed E-state index contributed by atoms with van der Waals surface area (Å²) >= 11 is 0. The summed E-state index contributed by atoms with van der Waals surface area (Å²) in [4.78, 5) is 27.8. The number of ether oxygens (including phenoxy) is 1. The highest BCUT2D eigenvalue weighted by Gasteiger charge is 2.16. The van der Waals surface area contributed by atoms with Crippen LogP contribution in [0.3, 0.4) is 0 Å². The molecule has 0 unspecified atom stereocenters. The quantitative estimate of drug-likeness (QED) is 0.265. The molecule has 5 rings (SSSR count). The molecular weight excluding hydrogens is 438 g/mol. The Balaban J connectivity index is 1.41. The molecule has 182 valence electrons. The topological polar surface area (TPSA) is 83.1 Å². The van der Waals surface area contributed by atoms with Gasteiger partial charge >= 0.3 is 5.97 Å². The van der Waals surface area contributed by atoms with Gasteiger partial charge in [0.2, 0.25) is 0 Å². The van der Waals surface area contributed by atoms with Gasteiger partial charge in [0.15, 0.2) is 0 Å². The van der Waals surface area contributed by atoms with Crippen molar-refractivity contribution in [3.63, 3.8) is 0 Å². The number of hydrogen-bond donors (Lipinski definition) is 2. The van der Waals surface area contributed by atoms with Gasteiger partial charge in [-0.05, 0) is 63.0 Å². The molecule has 7 heteroatoms. The van der Waals surface area contributed by atoms with Crippen LogP contribution in [0.4, 0.5) is 5.82 Å². The fourth-order valence-corrected chi connectivity index (χ4v) is 4.92. The number of hydrogen-bond acceptors (Lipinski definition) is 6. The number of carbonyl (C=O) groups is 1. The third-order valence-electron chi connectivity index (χ3n) is 6.79. The minimum absolute atomic E-state index is 0.351. The number of nitrogens with zero attached hydrogens (tertiary/aromatic N) is 3. The van der Waals surface area contributed by atoms with Crippen LogP contribution in [-0.4, -0.2) is 59.1 Å². The Morgan fingerprint density at radius 1 is 1.06 bits per heavy atom. The van der Waals surface area contributed by atoms with E-state index in [4.69, 9.17) is 14.7 Å². The minimum atomic E-state index is -0.351. The summed E-state index contributed by atoms with van der Waals surface area (Å²) in [6, 6.07) is 16.0. The second kappa shape index (κ2) is 10.9. The Labute approximate surface area is 205 Å². The van der Waals surface area contributed by atoms with Crippen LogP contribution in [0.2, 0.25) is 0 Å². The lowest BCUT2D eigenvalue weighted by molar-refractivity contribution is 0.0601. The largest absolute Gasteiger partial charge is 0.465 e. The summed E-state index contributed by atoms with van der Waals surface area (Å²) in [5.41, 5.74) is 3.43. The molecule has 0 aliphatic carbocycles. The van der Waals surface area contributed by atoms with Crippen molar-refractivity contribution in [2.45, 2.75) is 38.5 Å². The number of likely N-dealkylation sites (tertiary alicyclic amines) is 1. The molecule has 0 bridgehead atoms. The van der Waals surface area contributed by atoms with E-state index >= 15 is 0 Å². The lowest BCUT2D eigenvalue weighted by Crippen LogP contribution is -2.31. The number of carbonyl (C=O) groups excluding carboxylic acids is 1. The normalized spacial score (nSPS) is 14.4. The van der Waals surface area contributed by atoms with Gasteiger partial charge in [0, 0.05) is 23.9 Å². The number of esters is 1. The zero-order valence-electron chi connectivity index (χ0n) is 20.3. The second-order valence-electron chi connectivity index (χ2n) is 9.26. The summed E-state index contributed by atoms with van der Waals surface area (Å²) in [7, 11) is 1.40. The zero-order valence-corrected chi connectivity index (χ0v) is 20.3. The molecule has 2 aromatic carbocycles. The van der Waals surface area contributed by atoms with Gasteiger partial charge in [-0.2, -0.15) is 0 Å². The van der Waals surface area contributed by atoms with Crippen LogP contribution in [0.5, 0.6) is 0 Å². The van der Waals surface area contributed by atoms with Crippen LogP contribution in [-0.2, 0) is 17.6 Å². The molecule has 0 radical (unpaired) electrons. The van der Waals surface area contributed by atoms with Crippen molar-refractivity contribution in [2.24, 2.45) is 0 Å². The Morgan fingerprint density at radius 3 is 2.69 bits per heavy atom. The van der Waals surface area contributed by atoms with E-state index in [1.807, 2.05) is 18.2 Å². The smallest absolute Gasteiger partial charge is 0.337 e. The van der Waals surface area contributed by atoms with E-state index in [0.717, 1.165) is 65.9 Å². The molecule has 3 heterocycles. The number of benzene rings is 2. The highest BCUT2D eigenvalue weighted by molar-refractivity contribution is 6.12. The van der Waals surface area contributed by atoms with Crippen molar-refractivity contribution in [3.05, 3.63) is 65.5 Å². The molecule has 1 fully saturated rings. The Kier molecular flexibility index (Phi) is 7.23. The number of piperidine rings is 1. The Bertz CT molecular complexity index is 1300. The number of aromatic amines is 1. The first-order chi connectivity index (χ1) is 17.2. The van der Waals surface area contributed by atoms with Gasteiger partial charge in [0.25, 0.3) is 0 Å². The fraction of sp³-hybridized carbons (Fsp3) is 0.393. The maximum absolute atomic E-state index is 12.0. The molecule has 2 aromatic heterocycles. The van der Waals surface area contributed by atoms with Gasteiger partial charge in [-0.25, -0.2) is 14.8 Å². The molecule has 0 atom stereocenters. The number of aryl methyl sites for hydroxylation is 2. The fourth-order valence-electron chi connectivity index (χ4n) is 4.92. The highest BCUT2D eigenvalue weighted by atomic mass is 16.5. The molecule has 4 aromatic rings. The number of anilines is 1. The Morgan fingerprint density at radius 2 is 1.89 bits per heavy atom. The molecule has 35 heavy (non-hydrogen) atoms. The number of aromatic nitrogens is 3. The SMILES string of the molecule is COC(=O)c1ccc2c(c1)[nH]c1nc(CCc3ccccc3)nc(NCCCN3CCCCC3)c12. The average Bonchev–Trinajstić information content (AvgIpc) is 3.28. The van der Waals surface area contributed by atoms with Gasteiger partial charge < -0.3 is 19.9 Å². The van der Waals surface area contributed by atoms with Crippen LogP contribution < -0.4 is 5.32 Å². The van der Waals surface area contributed by atoms with Gasteiger partial charge in [-0.1, -0.05) is 42.8 Å². The summed E-state index contributed by atoms with van der Waals surface area (Å²) in [5, 5.41) is 5.57. The molecular formula is C28H33N5O2. The first-order valence-electron chi connectivity index (χ1n) is 12.6. The maximum Gasteiger partial charge on any atom is 0.337 e. The third-order valence-corrected chi connectivity index (χ3v) is 6.79. The zero-order chi connectivity index (χ0) is 24.0. The van der Waals surface area contributed by atoms with Crippen LogP contribution in [0.25, 0.3) is 21.9 Å². The van der Waals surface area contributed by atoms with Crippen molar-refractivity contribution in [3.8, 4) is 0 Å². The summed E-state index contributed by atoms with van der Waals surface area (Å²) < 4.78 is 4.89. The summed E-state index contributed by atoms with van der Waals surface area (Å²) in [5.74, 6) is 1.31. The lowest BCUT2D eigenvalue weighted by Gasteiger charge is -2.26. The number of rotatable bonds is 9. The summed E-state index contributed by atoms with van der Waals surface area (Å²) in [6.07, 6.45) is 6.69. The molecule has 1 aliphatic rings. The lowest BCUT2D eigenvalue weighted by atomic mass is 10.1. The van der Waals surface area contributed by atoms with E-state index in [0.29, 0.717) is 5.56 Å². The van der Waals surface area contributed by atoms with Gasteiger partial charge in [-0.3, -0.25) is 0 Å². The third kappa shape index (κ3) is 5.46. The maximum atomic E-state index is 12.0. The van der Waals surface area contributed by atoms with E-state index in [2.05, 4.69) is 39.5 Å². The average molecular weight is 472 g/mol. The Hall–Kier alpha value is -3.45. The highest BCUT2D eigenvalue weighted by Crippen LogP contribution is 2.30. The minimum Gasteiger partial charge on any atom is -0.465 e. The number of methoxy groups -OCH3 is 1. The summed E-state index contributed by atoms with van der Waals surface area (Å²) in [6.45, 7) is 4.39. The van der Waals surface area contributed by atoms with E-state index in [1.165, 1.54) is 45.0 Å². The second-order valence-corrected chi connectivity index (χ2v) is 9.26. The van der Waals surface area contributed by atoms with Crippen molar-refractivity contribution < 1.29 is 9.53 Å². The van der Waals surface area contributed by atoms with Gasteiger partial charge in [0.05, 0.1) is 18.1 Å².